The number of aromatic nitrogens is 1. The molecule has 20 heavy (non-hydrogen) atoms. The second-order valence-electron chi connectivity index (χ2n) is 4.86. The lowest BCUT2D eigenvalue weighted by molar-refractivity contribution is -0.141. The van der Waals surface area contributed by atoms with E-state index in [1.165, 1.54) is 0 Å². The molecule has 2 unspecified atom stereocenters. The van der Waals surface area contributed by atoms with Crippen LogP contribution >= 0.6 is 0 Å². The van der Waals surface area contributed by atoms with Gasteiger partial charge in [-0.15, -0.1) is 0 Å². The van der Waals surface area contributed by atoms with Gasteiger partial charge in [0, 0.05) is 31.9 Å². The van der Waals surface area contributed by atoms with E-state index in [0.29, 0.717) is 0 Å². The maximum Gasteiger partial charge on any atom is 0.326 e. The summed E-state index contributed by atoms with van der Waals surface area (Å²) in [5, 5.41) is 21.2. The van der Waals surface area contributed by atoms with Crippen molar-refractivity contribution in [1.82, 2.24) is 15.2 Å². The summed E-state index contributed by atoms with van der Waals surface area (Å²) < 4.78 is 0. The Morgan fingerprint density at radius 1 is 1.55 bits per heavy atom. The molecule has 1 fully saturated rings. The van der Waals surface area contributed by atoms with Crippen LogP contribution in [0.1, 0.15) is 17.5 Å². The zero-order valence-corrected chi connectivity index (χ0v) is 11.1. The zero-order valence-electron chi connectivity index (χ0n) is 11.1. The van der Waals surface area contributed by atoms with Gasteiger partial charge in [-0.05, 0) is 24.1 Å². The van der Waals surface area contributed by atoms with Crippen molar-refractivity contribution in [3.63, 3.8) is 0 Å². The minimum absolute atomic E-state index is 0.0365. The Kier molecular flexibility index (Phi) is 4.19. The molecule has 2 atom stereocenters. The van der Waals surface area contributed by atoms with Gasteiger partial charge in [-0.2, -0.15) is 0 Å². The van der Waals surface area contributed by atoms with Gasteiger partial charge in [0.1, 0.15) is 6.04 Å². The molecule has 1 saturated heterocycles. The normalized spacial score (nSPS) is 21.8. The van der Waals surface area contributed by atoms with Crippen LogP contribution in [0.15, 0.2) is 18.5 Å². The van der Waals surface area contributed by atoms with E-state index in [1.54, 1.807) is 12.4 Å². The third kappa shape index (κ3) is 3.05. The van der Waals surface area contributed by atoms with Crippen molar-refractivity contribution in [3.8, 4) is 0 Å². The molecule has 1 aliphatic rings. The predicted molar refractivity (Wildman–Crippen MR) is 70.0 cm³/mol. The van der Waals surface area contributed by atoms with Gasteiger partial charge in [-0.1, -0.05) is 0 Å². The highest BCUT2D eigenvalue weighted by Crippen LogP contribution is 2.18. The van der Waals surface area contributed by atoms with Gasteiger partial charge in [-0.3, -0.25) is 4.98 Å². The molecule has 2 rings (SSSR count). The fourth-order valence-corrected chi connectivity index (χ4v) is 2.23. The van der Waals surface area contributed by atoms with Crippen LogP contribution in [-0.2, 0) is 11.3 Å². The zero-order chi connectivity index (χ0) is 14.7. The van der Waals surface area contributed by atoms with Gasteiger partial charge in [0.2, 0.25) is 0 Å². The number of likely N-dealkylation sites (tertiary alicyclic amines) is 1. The first-order chi connectivity index (χ1) is 9.49. The Balaban J connectivity index is 1.98. The van der Waals surface area contributed by atoms with Crippen LogP contribution in [0, 0.1) is 6.92 Å². The van der Waals surface area contributed by atoms with E-state index in [9.17, 15) is 14.7 Å². The van der Waals surface area contributed by atoms with Crippen LogP contribution in [0.5, 0.6) is 0 Å². The van der Waals surface area contributed by atoms with E-state index in [1.807, 2.05) is 13.0 Å². The monoisotopic (exact) mass is 279 g/mol. The number of aryl methyl sites for hydroxylation is 1. The second-order valence-corrected chi connectivity index (χ2v) is 4.86. The van der Waals surface area contributed by atoms with Crippen molar-refractivity contribution in [2.45, 2.75) is 32.0 Å². The van der Waals surface area contributed by atoms with Crippen molar-refractivity contribution in [2.24, 2.45) is 0 Å². The van der Waals surface area contributed by atoms with E-state index < -0.39 is 24.1 Å². The summed E-state index contributed by atoms with van der Waals surface area (Å²) in [6.07, 6.45) is 2.59. The molecule has 108 valence electrons. The molecule has 7 nitrogen and oxygen atoms in total. The third-order valence-electron chi connectivity index (χ3n) is 3.40. The molecule has 0 bridgehead atoms. The lowest BCUT2D eigenvalue weighted by atomic mass is 10.1. The number of aliphatic hydroxyl groups is 1. The first-order valence-electron chi connectivity index (χ1n) is 6.34. The maximum absolute atomic E-state index is 12.0. The summed E-state index contributed by atoms with van der Waals surface area (Å²) >= 11 is 0. The summed E-state index contributed by atoms with van der Waals surface area (Å²) in [4.78, 5) is 28.2. The van der Waals surface area contributed by atoms with Gasteiger partial charge >= 0.3 is 12.0 Å². The minimum atomic E-state index is -1.10. The molecule has 7 heteroatoms. The fourth-order valence-electron chi connectivity index (χ4n) is 2.23. The highest BCUT2D eigenvalue weighted by Gasteiger charge is 2.38. The number of carbonyl (C=O) groups excluding carboxylic acids is 1. The van der Waals surface area contributed by atoms with Crippen molar-refractivity contribution in [2.75, 3.05) is 6.54 Å². The van der Waals surface area contributed by atoms with Crippen LogP contribution in [-0.4, -0.2) is 50.8 Å². The molecule has 1 aliphatic heterocycles. The number of aliphatic hydroxyl groups excluding tert-OH is 1. The number of pyridine rings is 1. The Morgan fingerprint density at radius 2 is 2.30 bits per heavy atom. The van der Waals surface area contributed by atoms with Gasteiger partial charge in [0.15, 0.2) is 0 Å². The number of aliphatic carboxylic acids is 1. The SMILES string of the molecule is Cc1ccncc1CNC(=O)N1CC(O)CC1C(=O)O. The van der Waals surface area contributed by atoms with E-state index in [4.69, 9.17) is 5.11 Å². The van der Waals surface area contributed by atoms with Crippen molar-refractivity contribution >= 4 is 12.0 Å². The summed E-state index contributed by atoms with van der Waals surface area (Å²) in [5.41, 5.74) is 1.86. The quantitative estimate of drug-likeness (QED) is 0.729. The molecule has 3 N–H and O–H groups in total. The standard InChI is InChI=1S/C13H17N3O4/c1-8-2-3-14-5-9(8)6-15-13(20)16-7-10(17)4-11(16)12(18)19/h2-3,5,10-11,17H,4,6-7H2,1H3,(H,15,20)(H,18,19). The van der Waals surface area contributed by atoms with Gasteiger partial charge in [-0.25, -0.2) is 9.59 Å². The minimum Gasteiger partial charge on any atom is -0.480 e. The van der Waals surface area contributed by atoms with Crippen molar-refractivity contribution < 1.29 is 19.8 Å². The Labute approximate surface area is 116 Å². The Morgan fingerprint density at radius 3 is 2.95 bits per heavy atom. The second kappa shape index (κ2) is 5.87. The van der Waals surface area contributed by atoms with Crippen molar-refractivity contribution in [1.29, 1.82) is 0 Å². The van der Waals surface area contributed by atoms with E-state index in [0.717, 1.165) is 16.0 Å². The first-order valence-corrected chi connectivity index (χ1v) is 6.34. The molecule has 0 aliphatic carbocycles. The molecular weight excluding hydrogens is 262 g/mol. The van der Waals surface area contributed by atoms with Gasteiger partial charge in [0.25, 0.3) is 0 Å². The van der Waals surface area contributed by atoms with Crippen molar-refractivity contribution in [3.05, 3.63) is 29.6 Å². The van der Waals surface area contributed by atoms with Gasteiger partial charge < -0.3 is 20.4 Å². The molecule has 1 aromatic rings. The molecule has 0 spiro atoms. The topological polar surface area (TPSA) is 103 Å². The number of nitrogens with one attached hydrogen (secondary N) is 1. The molecule has 1 aromatic heterocycles. The van der Waals surface area contributed by atoms with Crippen LogP contribution < -0.4 is 5.32 Å². The average molecular weight is 279 g/mol. The summed E-state index contributed by atoms with van der Waals surface area (Å²) in [6.45, 7) is 2.22. The summed E-state index contributed by atoms with van der Waals surface area (Å²) in [5.74, 6) is -1.10. The number of amides is 2. The lowest BCUT2D eigenvalue weighted by Gasteiger charge is -2.21. The molecule has 2 heterocycles. The highest BCUT2D eigenvalue weighted by atomic mass is 16.4. The summed E-state index contributed by atoms with van der Waals surface area (Å²) in [6, 6.07) is 0.374. The Bertz CT molecular complexity index is 520. The van der Waals surface area contributed by atoms with Crippen LogP contribution in [0.3, 0.4) is 0 Å². The van der Waals surface area contributed by atoms with E-state index in [-0.39, 0.29) is 19.5 Å². The molecular formula is C13H17N3O4. The third-order valence-corrected chi connectivity index (χ3v) is 3.40. The number of carboxylic acid groups (broad SMARTS) is 1. The predicted octanol–water partition coefficient (Wildman–Crippen LogP) is 0.119. The molecule has 2 amide bonds. The number of nitrogens with zero attached hydrogens (tertiary/aromatic N) is 2. The largest absolute Gasteiger partial charge is 0.480 e. The number of urea groups is 1. The smallest absolute Gasteiger partial charge is 0.326 e. The molecule has 0 aromatic carbocycles. The number of hydrogen-bond donors (Lipinski definition) is 3. The number of β-amino-alcohol motifs (C(OH)–C–C–N with tert-alkyl or cyclic N) is 1. The highest BCUT2D eigenvalue weighted by molar-refractivity contribution is 5.83. The van der Waals surface area contributed by atoms with Crippen LogP contribution in [0.4, 0.5) is 4.79 Å². The van der Waals surface area contributed by atoms with Gasteiger partial charge in [0.05, 0.1) is 6.10 Å². The van der Waals surface area contributed by atoms with Crippen LogP contribution in [0.25, 0.3) is 0 Å². The average Bonchev–Trinajstić information content (AvgIpc) is 2.80. The Hall–Kier alpha value is -2.15. The van der Waals surface area contributed by atoms with E-state index in [2.05, 4.69) is 10.3 Å². The number of carbonyl (C=O) groups is 2. The maximum atomic E-state index is 12.0. The number of carboxylic acids is 1. The first kappa shape index (κ1) is 14.3. The number of hydrogen-bond acceptors (Lipinski definition) is 4. The lowest BCUT2D eigenvalue weighted by Crippen LogP contribution is -2.46. The van der Waals surface area contributed by atoms with E-state index >= 15 is 0 Å². The number of rotatable bonds is 3. The fraction of sp³-hybridized carbons (Fsp3) is 0.462. The summed E-state index contributed by atoms with van der Waals surface area (Å²) in [7, 11) is 0. The molecule has 0 radical (unpaired) electrons. The molecule has 0 saturated carbocycles. The van der Waals surface area contributed by atoms with Crippen LogP contribution in [0.2, 0.25) is 0 Å².